The van der Waals surface area contributed by atoms with Gasteiger partial charge < -0.3 is 5.73 Å². The van der Waals surface area contributed by atoms with Crippen LogP contribution in [0.5, 0.6) is 0 Å². The topological polar surface area (TPSA) is 26.0 Å². The van der Waals surface area contributed by atoms with Crippen LogP contribution in [0.2, 0.25) is 0 Å². The molecule has 0 radical (unpaired) electrons. The lowest BCUT2D eigenvalue weighted by Gasteiger charge is -2.16. The average Bonchev–Trinajstić information content (AvgIpc) is 2.86. The molecule has 2 aromatic rings. The molecule has 1 nitrogen and oxygen atoms in total. The molecule has 1 heterocycles. The third kappa shape index (κ3) is 3.66. The lowest BCUT2D eigenvalue weighted by Crippen LogP contribution is -2.11. The molecule has 2 rings (SSSR count). The van der Waals surface area contributed by atoms with Gasteiger partial charge >= 0.3 is 6.18 Å². The monoisotopic (exact) mass is 313 g/mol. The molecule has 1 aromatic carbocycles. The van der Waals surface area contributed by atoms with Crippen LogP contribution in [0.15, 0.2) is 36.4 Å². The zero-order valence-electron chi connectivity index (χ0n) is 12.2. The molecule has 0 aliphatic carbocycles. The normalized spacial score (nSPS) is 14.2. The first-order valence-corrected chi connectivity index (χ1v) is 7.43. The zero-order valence-corrected chi connectivity index (χ0v) is 13.0. The van der Waals surface area contributed by atoms with E-state index in [1.165, 1.54) is 17.0 Å². The molecule has 0 fully saturated rings. The third-order valence-corrected chi connectivity index (χ3v) is 4.86. The molecular weight excluding hydrogens is 295 g/mol. The second-order valence-electron chi connectivity index (χ2n) is 6.05. The van der Waals surface area contributed by atoms with Gasteiger partial charge in [-0.05, 0) is 35.2 Å². The molecule has 5 heteroatoms. The van der Waals surface area contributed by atoms with Crippen molar-refractivity contribution in [3.63, 3.8) is 0 Å². The van der Waals surface area contributed by atoms with Gasteiger partial charge in [-0.15, -0.1) is 11.3 Å². The van der Waals surface area contributed by atoms with Crippen molar-refractivity contribution in [1.29, 1.82) is 0 Å². The van der Waals surface area contributed by atoms with Gasteiger partial charge in [0.2, 0.25) is 0 Å². The van der Waals surface area contributed by atoms with Gasteiger partial charge in [-0.3, -0.25) is 0 Å². The van der Waals surface area contributed by atoms with Crippen molar-refractivity contribution in [2.45, 2.75) is 38.4 Å². The second-order valence-corrected chi connectivity index (χ2v) is 7.16. The van der Waals surface area contributed by atoms with Crippen molar-refractivity contribution < 1.29 is 13.2 Å². The Labute approximate surface area is 126 Å². The third-order valence-electron chi connectivity index (χ3n) is 3.27. The first kappa shape index (κ1) is 16.0. The van der Waals surface area contributed by atoms with Crippen molar-refractivity contribution in [3.8, 4) is 0 Å². The van der Waals surface area contributed by atoms with Crippen LogP contribution in [-0.2, 0) is 11.6 Å². The van der Waals surface area contributed by atoms with Crippen molar-refractivity contribution in [3.05, 3.63) is 57.3 Å². The van der Waals surface area contributed by atoms with E-state index in [2.05, 4.69) is 20.8 Å². The fraction of sp³-hybridized carbons (Fsp3) is 0.375. The maximum Gasteiger partial charge on any atom is 0.416 e. The number of benzene rings is 1. The molecule has 0 saturated carbocycles. The Morgan fingerprint density at radius 2 is 1.52 bits per heavy atom. The van der Waals surface area contributed by atoms with Crippen LogP contribution in [0.1, 0.15) is 47.7 Å². The number of hydrogen-bond acceptors (Lipinski definition) is 2. The summed E-state index contributed by atoms with van der Waals surface area (Å²) in [7, 11) is 0. The maximum absolute atomic E-state index is 12.5. The van der Waals surface area contributed by atoms with Crippen molar-refractivity contribution >= 4 is 11.3 Å². The molecule has 0 saturated heterocycles. The largest absolute Gasteiger partial charge is 0.416 e. The van der Waals surface area contributed by atoms with Crippen LogP contribution >= 0.6 is 11.3 Å². The van der Waals surface area contributed by atoms with Crippen molar-refractivity contribution in [2.75, 3.05) is 0 Å². The summed E-state index contributed by atoms with van der Waals surface area (Å²) in [5.41, 5.74) is 6.24. The van der Waals surface area contributed by atoms with Crippen LogP contribution in [0.3, 0.4) is 0 Å². The summed E-state index contributed by atoms with van der Waals surface area (Å²) in [6, 6.07) is 8.64. The Morgan fingerprint density at radius 3 is 1.95 bits per heavy atom. The Balaban J connectivity index is 2.24. The summed E-state index contributed by atoms with van der Waals surface area (Å²) < 4.78 is 37.6. The summed E-state index contributed by atoms with van der Waals surface area (Å²) in [5, 5.41) is 0. The molecule has 1 unspecified atom stereocenters. The molecule has 0 aliphatic heterocycles. The van der Waals surface area contributed by atoms with Crippen LogP contribution in [-0.4, -0.2) is 0 Å². The van der Waals surface area contributed by atoms with Gasteiger partial charge in [0, 0.05) is 9.75 Å². The lowest BCUT2D eigenvalue weighted by atomic mass is 9.95. The predicted octanol–water partition coefficient (Wildman–Crippen LogP) is 5.11. The number of alkyl halides is 3. The SMILES string of the molecule is CC(C)(C)c1ccc(C(N)c2ccc(C(F)(F)F)cc2)s1. The van der Waals surface area contributed by atoms with Gasteiger partial charge in [-0.2, -0.15) is 13.2 Å². The van der Waals surface area contributed by atoms with Gasteiger partial charge in [-0.25, -0.2) is 0 Å². The van der Waals surface area contributed by atoms with Crippen LogP contribution in [0.4, 0.5) is 13.2 Å². The van der Waals surface area contributed by atoms with Gasteiger partial charge in [0.05, 0.1) is 11.6 Å². The number of thiophene rings is 1. The Morgan fingerprint density at radius 1 is 0.952 bits per heavy atom. The predicted molar refractivity (Wildman–Crippen MR) is 80.5 cm³/mol. The van der Waals surface area contributed by atoms with E-state index in [4.69, 9.17) is 5.73 Å². The van der Waals surface area contributed by atoms with E-state index in [1.54, 1.807) is 11.3 Å². The fourth-order valence-corrected chi connectivity index (χ4v) is 3.06. The minimum atomic E-state index is -4.31. The summed E-state index contributed by atoms with van der Waals surface area (Å²) >= 11 is 1.61. The van der Waals surface area contributed by atoms with E-state index in [0.717, 1.165) is 17.0 Å². The van der Waals surface area contributed by atoms with Gasteiger partial charge in [-0.1, -0.05) is 32.9 Å². The van der Waals surface area contributed by atoms with Gasteiger partial charge in [0.1, 0.15) is 0 Å². The number of nitrogens with two attached hydrogens (primary N) is 1. The highest BCUT2D eigenvalue weighted by atomic mass is 32.1. The number of hydrogen-bond donors (Lipinski definition) is 1. The smallest absolute Gasteiger partial charge is 0.320 e. The zero-order chi connectivity index (χ0) is 15.8. The van der Waals surface area contributed by atoms with E-state index in [0.29, 0.717) is 5.56 Å². The van der Waals surface area contributed by atoms with Gasteiger partial charge in [0.25, 0.3) is 0 Å². The highest BCUT2D eigenvalue weighted by Gasteiger charge is 2.30. The number of rotatable bonds is 2. The first-order valence-electron chi connectivity index (χ1n) is 6.62. The van der Waals surface area contributed by atoms with E-state index in [-0.39, 0.29) is 5.41 Å². The molecular formula is C16H18F3NS. The molecule has 1 atom stereocenters. The molecule has 21 heavy (non-hydrogen) atoms. The second kappa shape index (κ2) is 5.46. The molecule has 0 aliphatic rings. The first-order chi connectivity index (χ1) is 9.59. The van der Waals surface area contributed by atoms with E-state index in [9.17, 15) is 13.2 Å². The van der Waals surface area contributed by atoms with Crippen LogP contribution in [0, 0.1) is 0 Å². The van der Waals surface area contributed by atoms with Gasteiger partial charge in [0.15, 0.2) is 0 Å². The molecule has 0 bridgehead atoms. The fourth-order valence-electron chi connectivity index (χ4n) is 1.97. The highest BCUT2D eigenvalue weighted by Crippen LogP contribution is 2.35. The highest BCUT2D eigenvalue weighted by molar-refractivity contribution is 7.12. The van der Waals surface area contributed by atoms with Crippen molar-refractivity contribution in [1.82, 2.24) is 0 Å². The molecule has 2 N–H and O–H groups in total. The quantitative estimate of drug-likeness (QED) is 0.819. The molecule has 0 spiro atoms. The maximum atomic E-state index is 12.5. The average molecular weight is 313 g/mol. The standard InChI is InChI=1S/C16H18F3NS/c1-15(2,3)13-9-8-12(21-13)14(20)10-4-6-11(7-5-10)16(17,18)19/h4-9,14H,20H2,1-3H3. The minimum Gasteiger partial charge on any atom is -0.320 e. The Hall–Kier alpha value is -1.33. The van der Waals surface area contributed by atoms with Crippen LogP contribution < -0.4 is 5.73 Å². The van der Waals surface area contributed by atoms with Crippen LogP contribution in [0.25, 0.3) is 0 Å². The van der Waals surface area contributed by atoms with E-state index >= 15 is 0 Å². The molecule has 114 valence electrons. The Bertz CT molecular complexity index is 606. The number of halogens is 3. The molecule has 1 aromatic heterocycles. The molecule has 0 amide bonds. The Kier molecular flexibility index (Phi) is 4.17. The summed E-state index contributed by atoms with van der Waals surface area (Å²) in [6.07, 6.45) is -4.31. The lowest BCUT2D eigenvalue weighted by molar-refractivity contribution is -0.137. The van der Waals surface area contributed by atoms with Crippen molar-refractivity contribution in [2.24, 2.45) is 5.73 Å². The summed E-state index contributed by atoms with van der Waals surface area (Å²) in [6.45, 7) is 6.35. The van der Waals surface area contributed by atoms with E-state index < -0.39 is 17.8 Å². The minimum absolute atomic E-state index is 0.0444. The summed E-state index contributed by atoms with van der Waals surface area (Å²) in [5.74, 6) is 0. The summed E-state index contributed by atoms with van der Waals surface area (Å²) in [4.78, 5) is 2.17. The van der Waals surface area contributed by atoms with E-state index in [1.807, 2.05) is 12.1 Å².